The molecule has 3 rings (SSSR count). The van der Waals surface area contributed by atoms with Gasteiger partial charge in [0.15, 0.2) is 0 Å². The third kappa shape index (κ3) is 6.87. The molecule has 8 heteroatoms. The second-order valence-corrected chi connectivity index (χ2v) is 8.80. The molecule has 0 aromatic heterocycles. The molecule has 184 valence electrons. The maximum atomic E-state index is 12.5. The first kappa shape index (κ1) is 25.8. The molecule has 0 unspecified atom stereocenters. The van der Waals surface area contributed by atoms with Gasteiger partial charge in [0.05, 0.1) is 31.5 Å². The zero-order chi connectivity index (χ0) is 24.7. The summed E-state index contributed by atoms with van der Waals surface area (Å²) < 4.78 is 10.6. The number of aliphatic hydroxyl groups excluding tert-OH is 2. The Hall–Kier alpha value is -2.78. The van der Waals surface area contributed by atoms with Crippen LogP contribution in [0.4, 0.5) is 0 Å². The van der Waals surface area contributed by atoms with Crippen LogP contribution < -0.4 is 11.1 Å². The van der Waals surface area contributed by atoms with E-state index in [9.17, 15) is 19.8 Å². The lowest BCUT2D eigenvalue weighted by atomic mass is 9.89. The van der Waals surface area contributed by atoms with Crippen LogP contribution >= 0.6 is 0 Å². The molecule has 1 saturated heterocycles. The van der Waals surface area contributed by atoms with Crippen molar-refractivity contribution in [3.8, 4) is 0 Å². The molecule has 1 amide bonds. The largest absolute Gasteiger partial charge is 0.463 e. The van der Waals surface area contributed by atoms with Gasteiger partial charge in [-0.25, -0.2) is 4.79 Å². The summed E-state index contributed by atoms with van der Waals surface area (Å²) in [5, 5.41) is 26.0. The van der Waals surface area contributed by atoms with E-state index < -0.39 is 36.2 Å². The van der Waals surface area contributed by atoms with Crippen LogP contribution in [0.1, 0.15) is 25.8 Å². The molecule has 5 atom stereocenters. The van der Waals surface area contributed by atoms with E-state index in [-0.39, 0.29) is 32.1 Å². The minimum atomic E-state index is -1.15. The van der Waals surface area contributed by atoms with E-state index in [0.717, 1.165) is 16.3 Å². The molecule has 1 aliphatic rings. The third-order valence-corrected chi connectivity index (χ3v) is 6.06. The van der Waals surface area contributed by atoms with Gasteiger partial charge in [0.25, 0.3) is 0 Å². The number of benzene rings is 2. The van der Waals surface area contributed by atoms with Crippen LogP contribution in [0, 0.1) is 5.92 Å². The van der Waals surface area contributed by atoms with Crippen LogP contribution in [0.15, 0.2) is 54.1 Å². The van der Waals surface area contributed by atoms with Crippen molar-refractivity contribution in [2.75, 3.05) is 19.8 Å². The van der Waals surface area contributed by atoms with Crippen LogP contribution in [0.5, 0.6) is 0 Å². The highest BCUT2D eigenvalue weighted by atomic mass is 16.5. The lowest BCUT2D eigenvalue weighted by Crippen LogP contribution is -2.54. The molecule has 1 fully saturated rings. The quantitative estimate of drug-likeness (QED) is 0.322. The van der Waals surface area contributed by atoms with E-state index >= 15 is 0 Å². The number of amides is 1. The fourth-order valence-corrected chi connectivity index (χ4v) is 4.14. The zero-order valence-electron chi connectivity index (χ0n) is 19.6. The SMILES string of the molecule is CCOC(=O)/C=C(\C)C[C@@H]1OC[C@@H](CNC(=O)[C@@H](N)Cc2ccc3ccccc3c2)[C@@H](O)[C@H]1O. The first-order valence-corrected chi connectivity index (χ1v) is 11.6. The molecule has 0 spiro atoms. The number of rotatable bonds is 9. The average molecular weight is 471 g/mol. The van der Waals surface area contributed by atoms with Gasteiger partial charge in [0.2, 0.25) is 5.91 Å². The van der Waals surface area contributed by atoms with Crippen molar-refractivity contribution < 1.29 is 29.3 Å². The van der Waals surface area contributed by atoms with Gasteiger partial charge in [-0.1, -0.05) is 48.0 Å². The van der Waals surface area contributed by atoms with E-state index in [1.54, 1.807) is 13.8 Å². The first-order valence-electron chi connectivity index (χ1n) is 11.6. The van der Waals surface area contributed by atoms with Gasteiger partial charge in [0, 0.05) is 18.5 Å². The van der Waals surface area contributed by atoms with Crippen LogP contribution in [0.2, 0.25) is 0 Å². The van der Waals surface area contributed by atoms with Crippen molar-refractivity contribution in [2.24, 2.45) is 11.7 Å². The van der Waals surface area contributed by atoms with E-state index in [1.807, 2.05) is 42.5 Å². The maximum absolute atomic E-state index is 12.5. The summed E-state index contributed by atoms with van der Waals surface area (Å²) in [5.74, 6) is -1.26. The van der Waals surface area contributed by atoms with E-state index in [0.29, 0.717) is 12.0 Å². The molecule has 2 aromatic rings. The number of ether oxygens (including phenoxy) is 2. The van der Waals surface area contributed by atoms with Crippen molar-refractivity contribution in [1.82, 2.24) is 5.32 Å². The first-order chi connectivity index (χ1) is 16.3. The van der Waals surface area contributed by atoms with Gasteiger partial charge in [-0.3, -0.25) is 4.79 Å². The van der Waals surface area contributed by atoms with Crippen LogP contribution in [-0.4, -0.2) is 66.2 Å². The summed E-state index contributed by atoms with van der Waals surface area (Å²) in [6.45, 7) is 4.04. The lowest BCUT2D eigenvalue weighted by molar-refractivity contribution is -0.162. The van der Waals surface area contributed by atoms with Crippen molar-refractivity contribution >= 4 is 22.6 Å². The number of aliphatic hydroxyl groups is 2. The molecular weight excluding hydrogens is 436 g/mol. The Morgan fingerprint density at radius 3 is 2.68 bits per heavy atom. The highest BCUT2D eigenvalue weighted by Crippen LogP contribution is 2.24. The Morgan fingerprint density at radius 1 is 1.21 bits per heavy atom. The number of carbonyl (C=O) groups is 2. The fourth-order valence-electron chi connectivity index (χ4n) is 4.14. The Balaban J connectivity index is 1.48. The second kappa shape index (κ2) is 12.1. The summed E-state index contributed by atoms with van der Waals surface area (Å²) >= 11 is 0. The summed E-state index contributed by atoms with van der Waals surface area (Å²) in [7, 11) is 0. The maximum Gasteiger partial charge on any atom is 0.330 e. The number of fused-ring (bicyclic) bond motifs is 1. The van der Waals surface area contributed by atoms with Gasteiger partial charge in [0.1, 0.15) is 6.10 Å². The molecule has 1 heterocycles. The molecule has 0 radical (unpaired) electrons. The predicted molar refractivity (Wildman–Crippen MR) is 129 cm³/mol. The van der Waals surface area contributed by atoms with Crippen molar-refractivity contribution in [3.05, 3.63) is 59.7 Å². The monoisotopic (exact) mass is 470 g/mol. The van der Waals surface area contributed by atoms with Gasteiger partial charge in [-0.05, 0) is 43.0 Å². The molecule has 34 heavy (non-hydrogen) atoms. The molecular formula is C26H34N2O6. The van der Waals surface area contributed by atoms with Gasteiger partial charge >= 0.3 is 5.97 Å². The standard InChI is InChI=1S/C26H34N2O6/c1-3-33-23(29)11-16(2)10-22-25(31)24(30)20(15-34-22)14-28-26(32)21(27)13-17-8-9-18-6-4-5-7-19(18)12-17/h4-9,11-12,20-22,24-25,30-31H,3,10,13-15,27H2,1-2H3,(H,28,32)/b16-11+/t20-,21+,22+,24-,25+/m1/s1. The molecule has 0 aliphatic carbocycles. The number of hydrogen-bond acceptors (Lipinski definition) is 7. The van der Waals surface area contributed by atoms with Crippen LogP contribution in [0.3, 0.4) is 0 Å². The fraction of sp³-hybridized carbons (Fsp3) is 0.462. The molecule has 5 N–H and O–H groups in total. The van der Waals surface area contributed by atoms with Crippen LogP contribution in [0.25, 0.3) is 10.8 Å². The Bertz CT molecular complexity index is 1020. The zero-order valence-corrected chi connectivity index (χ0v) is 19.6. The predicted octanol–water partition coefficient (Wildman–Crippen LogP) is 1.46. The smallest absolute Gasteiger partial charge is 0.330 e. The van der Waals surface area contributed by atoms with Gasteiger partial charge in [-0.2, -0.15) is 0 Å². The number of nitrogens with one attached hydrogen (secondary N) is 1. The highest BCUT2D eigenvalue weighted by Gasteiger charge is 2.38. The lowest BCUT2D eigenvalue weighted by Gasteiger charge is -2.38. The van der Waals surface area contributed by atoms with E-state index in [1.165, 1.54) is 6.08 Å². The van der Waals surface area contributed by atoms with Crippen molar-refractivity contribution in [1.29, 1.82) is 0 Å². The Kier molecular flexibility index (Phi) is 9.18. The Morgan fingerprint density at radius 2 is 1.94 bits per heavy atom. The summed E-state index contributed by atoms with van der Waals surface area (Å²) in [6, 6.07) is 13.2. The number of hydrogen-bond donors (Lipinski definition) is 4. The van der Waals surface area contributed by atoms with E-state index in [2.05, 4.69) is 5.32 Å². The molecule has 8 nitrogen and oxygen atoms in total. The molecule has 0 saturated carbocycles. The molecule has 1 aliphatic heterocycles. The second-order valence-electron chi connectivity index (χ2n) is 8.80. The minimum absolute atomic E-state index is 0.132. The number of carbonyl (C=O) groups excluding carboxylic acids is 2. The Labute approximate surface area is 199 Å². The number of nitrogens with two attached hydrogens (primary N) is 1. The summed E-state index contributed by atoms with van der Waals surface area (Å²) in [5.41, 5.74) is 7.76. The van der Waals surface area contributed by atoms with Crippen LogP contribution in [-0.2, 0) is 25.5 Å². The van der Waals surface area contributed by atoms with Crippen molar-refractivity contribution in [3.63, 3.8) is 0 Å². The highest BCUT2D eigenvalue weighted by molar-refractivity contribution is 5.84. The minimum Gasteiger partial charge on any atom is -0.463 e. The molecule has 0 bridgehead atoms. The van der Waals surface area contributed by atoms with Gasteiger partial charge in [-0.15, -0.1) is 0 Å². The topological polar surface area (TPSA) is 131 Å². The number of esters is 1. The van der Waals surface area contributed by atoms with Crippen molar-refractivity contribution in [2.45, 2.75) is 51.0 Å². The molecule has 2 aromatic carbocycles. The van der Waals surface area contributed by atoms with Gasteiger partial charge < -0.3 is 30.7 Å². The van der Waals surface area contributed by atoms with E-state index in [4.69, 9.17) is 15.2 Å². The third-order valence-electron chi connectivity index (χ3n) is 6.06. The summed E-state index contributed by atoms with van der Waals surface area (Å²) in [6.07, 6.45) is -0.847. The average Bonchev–Trinajstić information content (AvgIpc) is 2.81. The normalized spacial score (nSPS) is 24.0. The summed E-state index contributed by atoms with van der Waals surface area (Å²) in [4.78, 5) is 24.1.